The van der Waals surface area contributed by atoms with E-state index in [9.17, 15) is 4.79 Å². The lowest BCUT2D eigenvalue weighted by Crippen LogP contribution is -2.46. The van der Waals surface area contributed by atoms with E-state index in [-0.39, 0.29) is 12.3 Å². The van der Waals surface area contributed by atoms with Gasteiger partial charge in [0.15, 0.2) is 11.6 Å². The zero-order valence-corrected chi connectivity index (χ0v) is 15.4. The van der Waals surface area contributed by atoms with Gasteiger partial charge in [-0.05, 0) is 31.0 Å². The molecule has 0 amide bonds. The van der Waals surface area contributed by atoms with Crippen molar-refractivity contribution in [3.8, 4) is 0 Å². The summed E-state index contributed by atoms with van der Waals surface area (Å²) in [7, 11) is 0. The lowest BCUT2D eigenvalue weighted by molar-refractivity contribution is -0.243. The number of ketones is 1. The molecule has 3 aromatic rings. The van der Waals surface area contributed by atoms with Crippen LogP contribution in [-0.2, 0) is 4.79 Å². The number of anilines is 3. The number of H-pyrrole nitrogens is 1. The summed E-state index contributed by atoms with van der Waals surface area (Å²) in [6.45, 7) is 0.0868. The van der Waals surface area contributed by atoms with E-state index in [1.807, 2.05) is 36.4 Å². The monoisotopic (exact) mass is 376 g/mol. The molecule has 6 N–H and O–H groups in total. The summed E-state index contributed by atoms with van der Waals surface area (Å²) in [4.78, 5) is 20.7. The van der Waals surface area contributed by atoms with Gasteiger partial charge in [-0.3, -0.25) is 9.89 Å². The van der Waals surface area contributed by atoms with E-state index < -0.39 is 0 Å². The zero-order valence-electron chi connectivity index (χ0n) is 15.4. The topological polar surface area (TPSA) is 123 Å². The van der Waals surface area contributed by atoms with Crippen LogP contribution in [0.25, 0.3) is 5.70 Å². The van der Waals surface area contributed by atoms with Crippen LogP contribution in [-0.4, -0.2) is 32.5 Å². The molecule has 0 bridgehead atoms. The number of aromatic amines is 1. The zero-order chi connectivity index (χ0) is 19.3. The Morgan fingerprint density at radius 3 is 2.82 bits per heavy atom. The van der Waals surface area contributed by atoms with E-state index in [1.165, 1.54) is 18.9 Å². The number of rotatable bonds is 8. The number of quaternary nitrogens is 1. The number of nitrogens with zero attached hydrogens (tertiary/aromatic N) is 3. The number of hydrogen-bond acceptors (Lipinski definition) is 6. The molecule has 0 radical (unpaired) electrons. The largest absolute Gasteiger partial charge is 0.347 e. The second-order valence-corrected chi connectivity index (χ2v) is 6.73. The fourth-order valence-electron chi connectivity index (χ4n) is 2.80. The molecule has 0 aliphatic heterocycles. The van der Waals surface area contributed by atoms with Gasteiger partial charge < -0.3 is 16.4 Å². The summed E-state index contributed by atoms with van der Waals surface area (Å²) in [5.74, 6) is 2.21. The number of carbonyl (C=O) groups is 1. The first-order valence-corrected chi connectivity index (χ1v) is 9.18. The van der Waals surface area contributed by atoms with Crippen molar-refractivity contribution in [3.63, 3.8) is 0 Å². The summed E-state index contributed by atoms with van der Waals surface area (Å²) in [6.07, 6.45) is 5.58. The van der Waals surface area contributed by atoms with E-state index in [0.717, 1.165) is 17.1 Å². The molecule has 1 fully saturated rings. The number of hydrogen-bond donors (Lipinski definition) is 4. The Morgan fingerprint density at radius 2 is 2.04 bits per heavy atom. The van der Waals surface area contributed by atoms with Crippen molar-refractivity contribution >= 4 is 29.1 Å². The van der Waals surface area contributed by atoms with E-state index in [2.05, 4.69) is 36.5 Å². The number of nitrogens with one attached hydrogen (secondary N) is 3. The Hall–Kier alpha value is -3.52. The minimum absolute atomic E-state index is 0.0868. The Kier molecular flexibility index (Phi) is 5.11. The highest BCUT2D eigenvalue weighted by Crippen LogP contribution is 2.39. The minimum Gasteiger partial charge on any atom is -0.347 e. The lowest BCUT2D eigenvalue weighted by atomic mass is 10.1. The third-order valence-electron chi connectivity index (χ3n) is 4.43. The molecule has 1 aliphatic rings. The van der Waals surface area contributed by atoms with E-state index in [1.54, 1.807) is 12.3 Å². The van der Waals surface area contributed by atoms with Gasteiger partial charge >= 0.3 is 0 Å². The molecule has 0 saturated heterocycles. The van der Waals surface area contributed by atoms with Gasteiger partial charge in [-0.15, -0.1) is 0 Å². The quantitative estimate of drug-likeness (QED) is 0.446. The molecule has 2 aromatic heterocycles. The smallest absolute Gasteiger partial charge is 0.224 e. The highest BCUT2D eigenvalue weighted by Gasteiger charge is 2.25. The second-order valence-electron chi connectivity index (χ2n) is 6.73. The summed E-state index contributed by atoms with van der Waals surface area (Å²) >= 11 is 0. The molecular weight excluding hydrogens is 354 g/mol. The van der Waals surface area contributed by atoms with Crippen LogP contribution >= 0.6 is 0 Å². The Morgan fingerprint density at radius 1 is 1.21 bits per heavy atom. The van der Waals surface area contributed by atoms with Gasteiger partial charge in [-0.1, -0.05) is 18.2 Å². The fraction of sp³-hybridized carbons (Fsp3) is 0.200. The molecule has 0 unspecified atom stereocenters. The van der Waals surface area contributed by atoms with Crippen LogP contribution in [0.3, 0.4) is 0 Å². The van der Waals surface area contributed by atoms with E-state index in [4.69, 9.17) is 0 Å². The van der Waals surface area contributed by atoms with Gasteiger partial charge in [0.05, 0.1) is 6.54 Å². The van der Waals surface area contributed by atoms with Crippen LogP contribution < -0.4 is 16.4 Å². The molecule has 2 heterocycles. The van der Waals surface area contributed by atoms with E-state index >= 15 is 0 Å². The average molecular weight is 376 g/mol. The molecule has 1 saturated carbocycles. The van der Waals surface area contributed by atoms with Crippen molar-refractivity contribution in [2.45, 2.75) is 18.8 Å². The molecule has 4 rings (SSSR count). The maximum absolute atomic E-state index is 12.2. The normalized spacial score (nSPS) is 14.0. The molecule has 0 atom stereocenters. The molecule has 28 heavy (non-hydrogen) atoms. The predicted molar refractivity (Wildman–Crippen MR) is 107 cm³/mol. The molecule has 8 nitrogen and oxygen atoms in total. The SMILES string of the molecule is [NH3+]/C(=C\C(=O)CNc1nccc(Nc2cc(C3CC3)[nH]n2)n1)c1ccccc1. The fourth-order valence-corrected chi connectivity index (χ4v) is 2.80. The average Bonchev–Trinajstić information content (AvgIpc) is 3.47. The van der Waals surface area contributed by atoms with Gasteiger partial charge in [-0.25, -0.2) is 4.98 Å². The van der Waals surface area contributed by atoms with Crippen LogP contribution in [0.4, 0.5) is 17.6 Å². The van der Waals surface area contributed by atoms with Crippen LogP contribution in [0.2, 0.25) is 0 Å². The van der Waals surface area contributed by atoms with Crippen molar-refractivity contribution < 1.29 is 10.5 Å². The summed E-state index contributed by atoms with van der Waals surface area (Å²) in [6, 6.07) is 13.3. The Bertz CT molecular complexity index is 993. The summed E-state index contributed by atoms with van der Waals surface area (Å²) < 4.78 is 0. The molecule has 1 aliphatic carbocycles. The van der Waals surface area contributed by atoms with Crippen LogP contribution in [0, 0.1) is 0 Å². The van der Waals surface area contributed by atoms with Crippen molar-refractivity contribution in [2.75, 3.05) is 17.2 Å². The van der Waals surface area contributed by atoms with Gasteiger partial charge in [0.25, 0.3) is 0 Å². The first-order chi connectivity index (χ1) is 13.7. The third-order valence-corrected chi connectivity index (χ3v) is 4.43. The molecule has 0 spiro atoms. The second kappa shape index (κ2) is 8.01. The number of aromatic nitrogens is 4. The highest BCUT2D eigenvalue weighted by molar-refractivity contribution is 5.97. The Balaban J connectivity index is 1.34. The van der Waals surface area contributed by atoms with Crippen molar-refractivity contribution in [3.05, 3.63) is 66.0 Å². The van der Waals surface area contributed by atoms with Crippen LogP contribution in [0.1, 0.15) is 30.0 Å². The third kappa shape index (κ3) is 4.60. The van der Waals surface area contributed by atoms with Crippen molar-refractivity contribution in [1.82, 2.24) is 20.2 Å². The number of benzene rings is 1. The highest BCUT2D eigenvalue weighted by atomic mass is 16.1. The Labute approximate surface area is 162 Å². The standard InChI is InChI=1S/C20H21N7O/c21-16(13-4-2-1-3-5-13)10-15(28)12-23-20-22-9-8-18(25-20)24-19-11-17(26-27-19)14-6-7-14/h1-5,8-11,14H,6-7,12,21H2,(H3,22,23,24,25,26,27)/p+1/b16-10-. The van der Waals surface area contributed by atoms with Crippen LogP contribution in [0.5, 0.6) is 0 Å². The van der Waals surface area contributed by atoms with Gasteiger partial charge in [0.1, 0.15) is 11.5 Å². The van der Waals surface area contributed by atoms with E-state index in [0.29, 0.717) is 23.4 Å². The van der Waals surface area contributed by atoms with Gasteiger partial charge in [0.2, 0.25) is 5.95 Å². The lowest BCUT2D eigenvalue weighted by Gasteiger charge is -2.05. The van der Waals surface area contributed by atoms with Crippen LogP contribution in [0.15, 0.2) is 54.7 Å². The summed E-state index contributed by atoms with van der Waals surface area (Å²) in [5, 5.41) is 13.4. The summed E-state index contributed by atoms with van der Waals surface area (Å²) in [5.41, 5.74) is 6.69. The van der Waals surface area contributed by atoms with Gasteiger partial charge in [-0.2, -0.15) is 10.1 Å². The predicted octanol–water partition coefficient (Wildman–Crippen LogP) is 2.08. The van der Waals surface area contributed by atoms with Crippen molar-refractivity contribution in [1.29, 1.82) is 0 Å². The first kappa shape index (κ1) is 17.9. The number of carbonyl (C=O) groups excluding carboxylic acids is 1. The first-order valence-electron chi connectivity index (χ1n) is 9.18. The molecular formula is C20H22N7O+. The maximum atomic E-state index is 12.2. The molecule has 142 valence electrons. The van der Waals surface area contributed by atoms with Crippen molar-refractivity contribution in [2.24, 2.45) is 0 Å². The molecule has 1 aromatic carbocycles. The maximum Gasteiger partial charge on any atom is 0.224 e. The minimum atomic E-state index is -0.0998. The van der Waals surface area contributed by atoms with Gasteiger partial charge in [0, 0.05) is 35.5 Å². The molecule has 8 heteroatoms.